The summed E-state index contributed by atoms with van der Waals surface area (Å²) in [4.78, 5) is 20.5. The molecule has 0 aromatic carbocycles. The SMILES string of the molecule is CCCCCCCCCCCCCCCCCCSc1nc(=S)[nH]c(=O)[nH]1. The topological polar surface area (TPSA) is 61.5 Å². The van der Waals surface area contributed by atoms with Gasteiger partial charge in [-0.3, -0.25) is 9.97 Å². The average molecular weight is 414 g/mol. The Morgan fingerprint density at radius 1 is 0.741 bits per heavy atom. The van der Waals surface area contributed by atoms with E-state index in [4.69, 9.17) is 12.2 Å². The molecule has 1 aromatic rings. The number of hydrogen-bond acceptors (Lipinski definition) is 4. The van der Waals surface area contributed by atoms with E-state index in [9.17, 15) is 4.79 Å². The molecular weight excluding hydrogens is 374 g/mol. The van der Waals surface area contributed by atoms with Gasteiger partial charge in [-0.15, -0.1) is 0 Å². The van der Waals surface area contributed by atoms with Gasteiger partial charge in [0.2, 0.25) is 4.77 Å². The number of H-pyrrole nitrogens is 2. The number of hydrogen-bond donors (Lipinski definition) is 2. The monoisotopic (exact) mass is 413 g/mol. The van der Waals surface area contributed by atoms with Gasteiger partial charge in [0.05, 0.1) is 0 Å². The van der Waals surface area contributed by atoms with Gasteiger partial charge in [-0.1, -0.05) is 115 Å². The fraction of sp³-hybridized carbons (Fsp3) is 0.857. The molecule has 0 aliphatic carbocycles. The van der Waals surface area contributed by atoms with Crippen LogP contribution in [-0.4, -0.2) is 20.7 Å². The molecular formula is C21H39N3OS2. The van der Waals surface area contributed by atoms with Crippen LogP contribution in [0, 0.1) is 4.77 Å². The zero-order chi connectivity index (χ0) is 19.6. The van der Waals surface area contributed by atoms with Crippen molar-refractivity contribution < 1.29 is 0 Å². The second-order valence-electron chi connectivity index (χ2n) is 7.45. The number of rotatable bonds is 18. The molecule has 2 N–H and O–H groups in total. The van der Waals surface area contributed by atoms with Crippen LogP contribution in [0.5, 0.6) is 0 Å². The molecule has 4 nitrogen and oxygen atoms in total. The molecule has 0 atom stereocenters. The molecule has 0 saturated heterocycles. The third kappa shape index (κ3) is 15.0. The van der Waals surface area contributed by atoms with E-state index in [0.29, 0.717) is 5.16 Å². The first kappa shape index (κ1) is 24.4. The van der Waals surface area contributed by atoms with Crippen LogP contribution in [0.3, 0.4) is 0 Å². The molecule has 0 fully saturated rings. The van der Waals surface area contributed by atoms with Gasteiger partial charge >= 0.3 is 5.69 Å². The molecule has 1 aromatic heterocycles. The van der Waals surface area contributed by atoms with Gasteiger partial charge in [0.15, 0.2) is 5.16 Å². The van der Waals surface area contributed by atoms with Crippen molar-refractivity contribution >= 4 is 24.0 Å². The number of aromatic amines is 2. The van der Waals surface area contributed by atoms with Crippen LogP contribution in [0.15, 0.2) is 9.95 Å². The van der Waals surface area contributed by atoms with Crippen molar-refractivity contribution in [2.24, 2.45) is 0 Å². The second kappa shape index (κ2) is 17.5. The van der Waals surface area contributed by atoms with Gasteiger partial charge in [-0.25, -0.2) is 4.79 Å². The van der Waals surface area contributed by atoms with E-state index < -0.39 is 0 Å². The fourth-order valence-electron chi connectivity index (χ4n) is 3.26. The van der Waals surface area contributed by atoms with Gasteiger partial charge in [0, 0.05) is 5.75 Å². The van der Waals surface area contributed by atoms with Crippen molar-refractivity contribution in [3.8, 4) is 0 Å². The zero-order valence-electron chi connectivity index (χ0n) is 17.2. The first-order valence-corrected chi connectivity index (χ1v) is 12.4. The Labute approximate surface area is 174 Å². The largest absolute Gasteiger partial charge is 0.327 e. The first-order valence-electron chi connectivity index (χ1n) is 11.1. The van der Waals surface area contributed by atoms with Crippen molar-refractivity contribution in [2.45, 2.75) is 115 Å². The molecule has 0 aliphatic heterocycles. The third-order valence-corrected chi connectivity index (χ3v) is 6.03. The van der Waals surface area contributed by atoms with Gasteiger partial charge in [-0.05, 0) is 18.6 Å². The van der Waals surface area contributed by atoms with Crippen molar-refractivity contribution in [3.05, 3.63) is 15.3 Å². The summed E-state index contributed by atoms with van der Waals surface area (Å²) in [5.41, 5.74) is -0.274. The summed E-state index contributed by atoms with van der Waals surface area (Å²) in [6, 6.07) is 0. The number of aromatic nitrogens is 3. The van der Waals surface area contributed by atoms with Crippen LogP contribution >= 0.6 is 24.0 Å². The van der Waals surface area contributed by atoms with Gasteiger partial charge < -0.3 is 0 Å². The maximum Gasteiger partial charge on any atom is 0.327 e. The lowest BCUT2D eigenvalue weighted by Gasteiger charge is -2.03. The predicted molar refractivity (Wildman–Crippen MR) is 120 cm³/mol. The lowest BCUT2D eigenvalue weighted by molar-refractivity contribution is 0.531. The highest BCUT2D eigenvalue weighted by atomic mass is 32.2. The smallest absolute Gasteiger partial charge is 0.286 e. The van der Waals surface area contributed by atoms with Gasteiger partial charge in [0.25, 0.3) is 0 Å². The molecule has 6 heteroatoms. The summed E-state index contributed by atoms with van der Waals surface area (Å²) in [7, 11) is 0. The Balaban J connectivity index is 1.79. The Hall–Kier alpha value is -0.620. The quantitative estimate of drug-likeness (QED) is 0.152. The Kier molecular flexibility index (Phi) is 15.8. The van der Waals surface area contributed by atoms with Crippen LogP contribution in [-0.2, 0) is 0 Å². The molecule has 1 heterocycles. The van der Waals surface area contributed by atoms with E-state index in [1.54, 1.807) is 11.8 Å². The van der Waals surface area contributed by atoms with Crippen molar-refractivity contribution in [3.63, 3.8) is 0 Å². The Morgan fingerprint density at radius 2 is 1.19 bits per heavy atom. The molecule has 0 saturated carbocycles. The van der Waals surface area contributed by atoms with E-state index in [-0.39, 0.29) is 10.5 Å². The lowest BCUT2D eigenvalue weighted by Crippen LogP contribution is -2.12. The Morgan fingerprint density at radius 3 is 1.63 bits per heavy atom. The van der Waals surface area contributed by atoms with Gasteiger partial charge in [-0.2, -0.15) is 4.98 Å². The number of thioether (sulfide) groups is 1. The standard InChI is InChI=1S/C21H39N3OS2/c1-2-3-4-5-6-7-8-9-10-11-12-13-14-15-16-17-18-27-21-23-19(25)22-20(26)24-21/h2-18H2,1H3,(H2,22,23,24,25,26). The fourth-order valence-corrected chi connectivity index (χ4v) is 4.37. The summed E-state index contributed by atoms with van der Waals surface area (Å²) in [6.45, 7) is 2.28. The van der Waals surface area contributed by atoms with E-state index in [1.165, 1.54) is 96.3 Å². The maximum atomic E-state index is 11.3. The number of nitrogens with zero attached hydrogens (tertiary/aromatic N) is 1. The molecule has 0 radical (unpaired) electrons. The third-order valence-electron chi connectivity index (χ3n) is 4.88. The van der Waals surface area contributed by atoms with Crippen LogP contribution in [0.1, 0.15) is 110 Å². The van der Waals surface area contributed by atoms with E-state index in [2.05, 4.69) is 21.9 Å². The summed E-state index contributed by atoms with van der Waals surface area (Å²) in [6.07, 6.45) is 22.1. The van der Waals surface area contributed by atoms with E-state index >= 15 is 0 Å². The molecule has 0 amide bonds. The molecule has 27 heavy (non-hydrogen) atoms. The summed E-state index contributed by atoms with van der Waals surface area (Å²) in [5.74, 6) is 0.986. The van der Waals surface area contributed by atoms with Gasteiger partial charge in [0.1, 0.15) is 0 Å². The second-order valence-corrected chi connectivity index (χ2v) is 8.92. The first-order chi connectivity index (χ1) is 13.2. The highest BCUT2D eigenvalue weighted by molar-refractivity contribution is 7.99. The molecule has 0 unspecified atom stereocenters. The van der Waals surface area contributed by atoms with Crippen molar-refractivity contribution in [1.29, 1.82) is 0 Å². The minimum absolute atomic E-state index is 0.258. The number of unbranched alkanes of at least 4 members (excludes halogenated alkanes) is 15. The van der Waals surface area contributed by atoms with E-state index in [0.717, 1.165) is 12.2 Å². The van der Waals surface area contributed by atoms with Crippen molar-refractivity contribution in [1.82, 2.24) is 15.0 Å². The van der Waals surface area contributed by atoms with Crippen LogP contribution in [0.2, 0.25) is 0 Å². The summed E-state index contributed by atoms with van der Waals surface area (Å²) in [5, 5.41) is 0.629. The Bertz CT molecular complexity index is 543. The number of nitrogens with one attached hydrogen (secondary N) is 2. The van der Waals surface area contributed by atoms with Crippen molar-refractivity contribution in [2.75, 3.05) is 5.75 Å². The highest BCUT2D eigenvalue weighted by Gasteiger charge is 1.98. The minimum Gasteiger partial charge on any atom is -0.286 e. The summed E-state index contributed by atoms with van der Waals surface area (Å²) >= 11 is 6.49. The van der Waals surface area contributed by atoms with Crippen LogP contribution < -0.4 is 5.69 Å². The van der Waals surface area contributed by atoms with Crippen LogP contribution in [0.4, 0.5) is 0 Å². The molecule has 0 aliphatic rings. The van der Waals surface area contributed by atoms with E-state index in [1.807, 2.05) is 0 Å². The minimum atomic E-state index is -0.274. The maximum absolute atomic E-state index is 11.3. The molecule has 0 spiro atoms. The molecule has 0 bridgehead atoms. The van der Waals surface area contributed by atoms with Crippen LogP contribution in [0.25, 0.3) is 0 Å². The normalized spacial score (nSPS) is 11.1. The summed E-state index contributed by atoms with van der Waals surface area (Å²) < 4.78 is 0.258. The highest BCUT2D eigenvalue weighted by Crippen LogP contribution is 2.16. The average Bonchev–Trinajstić information content (AvgIpc) is 2.63. The predicted octanol–water partition coefficient (Wildman–Crippen LogP) is 7.18. The lowest BCUT2D eigenvalue weighted by atomic mass is 10.0. The molecule has 156 valence electrons. The molecule has 1 rings (SSSR count). The zero-order valence-corrected chi connectivity index (χ0v) is 18.8.